The predicted molar refractivity (Wildman–Crippen MR) is 92.8 cm³/mol. The second-order valence-corrected chi connectivity index (χ2v) is 6.98. The van der Waals surface area contributed by atoms with Gasteiger partial charge in [0, 0.05) is 0 Å². The van der Waals surface area contributed by atoms with Crippen LogP contribution in [-0.2, 0) is 12.8 Å². The average molecular weight is 287 g/mol. The van der Waals surface area contributed by atoms with Crippen molar-refractivity contribution >= 4 is 0 Å². The molecule has 0 saturated heterocycles. The molecule has 1 aliphatic rings. The topological polar surface area (TPSA) is 12.0 Å². The molecule has 1 nitrogen and oxygen atoms in total. The molecule has 1 N–H and O–H groups in total. The van der Waals surface area contributed by atoms with E-state index < -0.39 is 0 Å². The van der Waals surface area contributed by atoms with E-state index in [0.717, 1.165) is 0 Å². The Morgan fingerprint density at radius 2 is 1.52 bits per heavy atom. The van der Waals surface area contributed by atoms with Crippen molar-refractivity contribution in [2.24, 2.45) is 5.41 Å². The summed E-state index contributed by atoms with van der Waals surface area (Å²) in [5.74, 6) is 0. The average Bonchev–Trinajstić information content (AvgIpc) is 2.54. The third-order valence-corrected chi connectivity index (χ3v) is 5.33. The van der Waals surface area contributed by atoms with Gasteiger partial charge >= 0.3 is 0 Å². The molecule has 2 rings (SSSR count). The Morgan fingerprint density at radius 3 is 2.10 bits per heavy atom. The van der Waals surface area contributed by atoms with Crippen LogP contribution in [-0.4, -0.2) is 13.6 Å². The summed E-state index contributed by atoms with van der Waals surface area (Å²) in [5, 5.41) is 3.36. The molecule has 1 fully saturated rings. The summed E-state index contributed by atoms with van der Waals surface area (Å²) < 4.78 is 0. The van der Waals surface area contributed by atoms with Gasteiger partial charge in [-0.3, -0.25) is 0 Å². The van der Waals surface area contributed by atoms with E-state index in [4.69, 9.17) is 0 Å². The minimum atomic E-state index is 0.614. The van der Waals surface area contributed by atoms with Gasteiger partial charge in [-0.25, -0.2) is 0 Å². The van der Waals surface area contributed by atoms with Crippen LogP contribution in [0.15, 0.2) is 24.3 Å². The lowest BCUT2D eigenvalue weighted by Gasteiger charge is -2.38. The molecular weight excluding hydrogens is 254 g/mol. The van der Waals surface area contributed by atoms with Crippen molar-refractivity contribution in [3.8, 4) is 0 Å². The molecule has 1 heteroatoms. The fourth-order valence-corrected chi connectivity index (χ4v) is 3.89. The van der Waals surface area contributed by atoms with Gasteiger partial charge in [0.1, 0.15) is 0 Å². The summed E-state index contributed by atoms with van der Waals surface area (Å²) in [6.07, 6.45) is 13.7. The summed E-state index contributed by atoms with van der Waals surface area (Å²) in [5.41, 5.74) is 3.64. The first kappa shape index (κ1) is 16.5. The van der Waals surface area contributed by atoms with E-state index in [1.807, 2.05) is 0 Å². The van der Waals surface area contributed by atoms with Crippen molar-refractivity contribution in [1.82, 2.24) is 5.32 Å². The van der Waals surface area contributed by atoms with Gasteiger partial charge in [-0.1, -0.05) is 56.9 Å². The number of hydrogen-bond acceptors (Lipinski definition) is 1. The second-order valence-electron chi connectivity index (χ2n) is 6.98. The van der Waals surface area contributed by atoms with E-state index in [-0.39, 0.29) is 0 Å². The van der Waals surface area contributed by atoms with E-state index >= 15 is 0 Å². The van der Waals surface area contributed by atoms with Crippen LogP contribution in [0.5, 0.6) is 0 Å². The van der Waals surface area contributed by atoms with Crippen molar-refractivity contribution in [1.29, 1.82) is 0 Å². The molecule has 1 aromatic rings. The molecule has 0 spiro atoms. The van der Waals surface area contributed by atoms with Crippen LogP contribution in [0.2, 0.25) is 0 Å². The van der Waals surface area contributed by atoms with Gasteiger partial charge in [0.2, 0.25) is 0 Å². The van der Waals surface area contributed by atoms with Crippen LogP contribution >= 0.6 is 0 Å². The third-order valence-electron chi connectivity index (χ3n) is 5.33. The van der Waals surface area contributed by atoms with Gasteiger partial charge in [-0.15, -0.1) is 0 Å². The number of nitrogens with one attached hydrogen (secondary N) is 1. The minimum absolute atomic E-state index is 0.614. The normalized spacial score (nSPS) is 17.8. The lowest BCUT2D eigenvalue weighted by atomic mass is 9.68. The number of benzene rings is 1. The molecule has 1 aromatic carbocycles. The Kier molecular flexibility index (Phi) is 6.76. The highest BCUT2D eigenvalue weighted by Crippen LogP contribution is 2.42. The fraction of sp³-hybridized carbons (Fsp3) is 0.700. The lowest BCUT2D eigenvalue weighted by Crippen LogP contribution is -2.28. The molecule has 0 bridgehead atoms. The molecular formula is C20H33N. The Morgan fingerprint density at radius 1 is 0.905 bits per heavy atom. The summed E-state index contributed by atoms with van der Waals surface area (Å²) in [4.78, 5) is 0. The summed E-state index contributed by atoms with van der Waals surface area (Å²) in [6.45, 7) is 3.43. The maximum absolute atomic E-state index is 3.36. The number of aryl methyl sites for hydroxylation is 2. The van der Waals surface area contributed by atoms with E-state index in [1.54, 1.807) is 0 Å². The molecule has 1 saturated carbocycles. The van der Waals surface area contributed by atoms with Crippen LogP contribution in [0, 0.1) is 5.41 Å². The highest BCUT2D eigenvalue weighted by Gasteiger charge is 2.30. The zero-order chi connectivity index (χ0) is 15.0. The van der Waals surface area contributed by atoms with Crippen LogP contribution < -0.4 is 5.32 Å². The maximum Gasteiger partial charge on any atom is -0.00466 e. The van der Waals surface area contributed by atoms with Gasteiger partial charge in [0.15, 0.2) is 0 Å². The van der Waals surface area contributed by atoms with Crippen molar-refractivity contribution in [2.45, 2.75) is 71.1 Å². The number of hydrogen-bond donors (Lipinski definition) is 1. The highest BCUT2D eigenvalue weighted by molar-refractivity contribution is 5.22. The zero-order valence-corrected chi connectivity index (χ0v) is 14.1. The van der Waals surface area contributed by atoms with Crippen molar-refractivity contribution in [3.63, 3.8) is 0 Å². The standard InChI is InChI=1S/C20H33N/c1-3-7-18-8-10-19(11-9-18)12-15-20(16-17-21-2)13-5-4-6-14-20/h8-11,21H,3-7,12-17H2,1-2H3. The molecule has 0 aliphatic heterocycles. The molecule has 0 heterocycles. The Balaban J connectivity index is 1.91. The summed E-state index contributed by atoms with van der Waals surface area (Å²) in [7, 11) is 2.09. The first-order valence-corrected chi connectivity index (χ1v) is 9.00. The summed E-state index contributed by atoms with van der Waals surface area (Å²) in [6, 6.07) is 9.39. The van der Waals surface area contributed by atoms with Crippen molar-refractivity contribution in [2.75, 3.05) is 13.6 Å². The fourth-order valence-electron chi connectivity index (χ4n) is 3.89. The molecule has 21 heavy (non-hydrogen) atoms. The third kappa shape index (κ3) is 5.14. The van der Waals surface area contributed by atoms with Crippen LogP contribution in [0.25, 0.3) is 0 Å². The van der Waals surface area contributed by atoms with E-state index in [2.05, 4.69) is 43.6 Å². The molecule has 118 valence electrons. The molecule has 1 aliphatic carbocycles. The van der Waals surface area contributed by atoms with E-state index in [0.29, 0.717) is 5.41 Å². The van der Waals surface area contributed by atoms with Crippen LogP contribution in [0.1, 0.15) is 69.4 Å². The zero-order valence-electron chi connectivity index (χ0n) is 14.1. The quantitative estimate of drug-likeness (QED) is 0.698. The lowest BCUT2D eigenvalue weighted by molar-refractivity contribution is 0.157. The molecule has 0 radical (unpaired) electrons. The predicted octanol–water partition coefficient (Wildman–Crippen LogP) is 5.13. The monoisotopic (exact) mass is 287 g/mol. The smallest absolute Gasteiger partial charge is 0.00466 e. The van der Waals surface area contributed by atoms with E-state index in [1.165, 1.54) is 81.9 Å². The van der Waals surface area contributed by atoms with Crippen molar-refractivity contribution < 1.29 is 0 Å². The van der Waals surface area contributed by atoms with Crippen LogP contribution in [0.4, 0.5) is 0 Å². The summed E-state index contributed by atoms with van der Waals surface area (Å²) >= 11 is 0. The van der Waals surface area contributed by atoms with Crippen molar-refractivity contribution in [3.05, 3.63) is 35.4 Å². The molecule has 0 atom stereocenters. The minimum Gasteiger partial charge on any atom is -0.320 e. The highest BCUT2D eigenvalue weighted by atomic mass is 14.8. The second kappa shape index (κ2) is 8.58. The first-order valence-electron chi connectivity index (χ1n) is 9.00. The van der Waals surface area contributed by atoms with Gasteiger partial charge in [0.25, 0.3) is 0 Å². The van der Waals surface area contributed by atoms with Gasteiger partial charge in [-0.05, 0) is 68.7 Å². The largest absolute Gasteiger partial charge is 0.320 e. The number of rotatable bonds is 8. The van der Waals surface area contributed by atoms with E-state index in [9.17, 15) is 0 Å². The molecule has 0 aromatic heterocycles. The maximum atomic E-state index is 3.36. The Labute approximate surface area is 131 Å². The Bertz CT molecular complexity index is 387. The Hall–Kier alpha value is -0.820. The van der Waals surface area contributed by atoms with Crippen LogP contribution in [0.3, 0.4) is 0 Å². The molecule has 0 unspecified atom stereocenters. The molecule has 0 amide bonds. The SMILES string of the molecule is CCCc1ccc(CCC2(CCNC)CCCCC2)cc1. The van der Waals surface area contributed by atoms with Gasteiger partial charge in [0.05, 0.1) is 0 Å². The van der Waals surface area contributed by atoms with Gasteiger partial charge < -0.3 is 5.32 Å². The first-order chi connectivity index (χ1) is 10.3. The van der Waals surface area contributed by atoms with Gasteiger partial charge in [-0.2, -0.15) is 0 Å².